The van der Waals surface area contributed by atoms with E-state index in [4.69, 9.17) is 11.6 Å². The van der Waals surface area contributed by atoms with E-state index in [1.807, 2.05) is 4.72 Å². The number of halogens is 2. The summed E-state index contributed by atoms with van der Waals surface area (Å²) < 4.78 is 39.7. The van der Waals surface area contributed by atoms with Crippen molar-refractivity contribution in [3.05, 3.63) is 57.6 Å². The number of benzene rings is 1. The highest BCUT2D eigenvalue weighted by Crippen LogP contribution is 2.23. The van der Waals surface area contributed by atoms with Crippen molar-refractivity contribution in [1.29, 1.82) is 0 Å². The molecule has 2 aromatic rings. The molecule has 1 aromatic carbocycles. The Morgan fingerprint density at radius 1 is 1.29 bits per heavy atom. The summed E-state index contributed by atoms with van der Waals surface area (Å²) in [5, 5.41) is 10.4. The Hall–Kier alpha value is -2.26. The van der Waals surface area contributed by atoms with E-state index in [2.05, 4.69) is 4.98 Å². The fourth-order valence-corrected chi connectivity index (χ4v) is 2.77. The number of nitro benzene ring substituents is 1. The highest BCUT2D eigenvalue weighted by atomic mass is 35.5. The predicted octanol–water partition coefficient (Wildman–Crippen LogP) is 2.58. The average Bonchev–Trinajstić information content (AvgIpc) is 2.40. The van der Waals surface area contributed by atoms with E-state index < -0.39 is 32.1 Å². The molecule has 10 heteroatoms. The van der Waals surface area contributed by atoms with Crippen LogP contribution in [-0.2, 0) is 10.0 Å². The van der Waals surface area contributed by atoms with Crippen LogP contribution < -0.4 is 4.72 Å². The third-order valence-corrected chi connectivity index (χ3v) is 3.99. The molecule has 2 rings (SSSR count). The summed E-state index contributed by atoms with van der Waals surface area (Å²) in [7, 11) is -4.08. The number of pyridine rings is 1. The van der Waals surface area contributed by atoms with Crippen LogP contribution in [0.3, 0.4) is 0 Å². The molecular formula is C11H7ClFN3O4S. The molecule has 0 aliphatic rings. The topological polar surface area (TPSA) is 102 Å². The van der Waals surface area contributed by atoms with Crippen LogP contribution in [0.4, 0.5) is 15.8 Å². The van der Waals surface area contributed by atoms with Gasteiger partial charge in [-0.25, -0.2) is 17.8 Å². The van der Waals surface area contributed by atoms with Gasteiger partial charge in [0.05, 0.1) is 21.6 Å². The Balaban J connectivity index is 2.35. The molecule has 21 heavy (non-hydrogen) atoms. The zero-order valence-electron chi connectivity index (χ0n) is 10.2. The minimum atomic E-state index is -4.08. The molecule has 1 heterocycles. The minimum absolute atomic E-state index is 0.0398. The Kier molecular flexibility index (Phi) is 4.05. The van der Waals surface area contributed by atoms with Crippen molar-refractivity contribution in [2.24, 2.45) is 0 Å². The van der Waals surface area contributed by atoms with Gasteiger partial charge in [0.15, 0.2) is 5.82 Å². The number of rotatable bonds is 4. The van der Waals surface area contributed by atoms with E-state index >= 15 is 0 Å². The van der Waals surface area contributed by atoms with Crippen LogP contribution in [0.2, 0.25) is 5.15 Å². The molecule has 0 saturated carbocycles. The molecule has 0 saturated heterocycles. The molecule has 0 aliphatic heterocycles. The van der Waals surface area contributed by atoms with E-state index in [0.717, 1.165) is 18.2 Å². The maximum atomic E-state index is 13.7. The number of nitrogens with one attached hydrogen (secondary N) is 1. The smallest absolute Gasteiger partial charge is 0.272 e. The van der Waals surface area contributed by atoms with Crippen molar-refractivity contribution in [3.63, 3.8) is 0 Å². The van der Waals surface area contributed by atoms with Crippen LogP contribution in [0.1, 0.15) is 0 Å². The standard InChI is InChI=1S/C11H7ClFN3O4S/c12-11-6-8(3-4-14-11)21(19,20)15-10-2-1-7(16(17)18)5-9(10)13/h1-6,15H. The molecule has 110 valence electrons. The van der Waals surface area contributed by atoms with Gasteiger partial charge in [-0.2, -0.15) is 0 Å². The van der Waals surface area contributed by atoms with Crippen LogP contribution in [-0.4, -0.2) is 18.3 Å². The van der Waals surface area contributed by atoms with Gasteiger partial charge in [0.25, 0.3) is 15.7 Å². The lowest BCUT2D eigenvalue weighted by atomic mass is 10.3. The van der Waals surface area contributed by atoms with Gasteiger partial charge in [0.1, 0.15) is 5.15 Å². The maximum absolute atomic E-state index is 13.7. The van der Waals surface area contributed by atoms with Gasteiger partial charge in [-0.3, -0.25) is 14.8 Å². The summed E-state index contributed by atoms with van der Waals surface area (Å²) in [5.74, 6) is -1.06. The minimum Gasteiger partial charge on any atom is -0.277 e. The molecule has 0 amide bonds. The van der Waals surface area contributed by atoms with Gasteiger partial charge in [-0.05, 0) is 18.2 Å². The third kappa shape index (κ3) is 3.44. The van der Waals surface area contributed by atoms with E-state index in [1.54, 1.807) is 0 Å². The first kappa shape index (κ1) is 15.1. The van der Waals surface area contributed by atoms with Gasteiger partial charge in [0.2, 0.25) is 0 Å². The number of anilines is 1. The van der Waals surface area contributed by atoms with Crippen LogP contribution in [0.25, 0.3) is 0 Å². The van der Waals surface area contributed by atoms with Crippen molar-refractivity contribution >= 4 is 33.0 Å². The number of nitro groups is 1. The van der Waals surface area contributed by atoms with Gasteiger partial charge < -0.3 is 0 Å². The lowest BCUT2D eigenvalue weighted by Gasteiger charge is -2.08. The Morgan fingerprint density at radius 2 is 2.00 bits per heavy atom. The second-order valence-corrected chi connectivity index (χ2v) is 5.91. The predicted molar refractivity (Wildman–Crippen MR) is 73.1 cm³/mol. The van der Waals surface area contributed by atoms with Crippen molar-refractivity contribution in [1.82, 2.24) is 4.98 Å². The Labute approximate surface area is 123 Å². The monoisotopic (exact) mass is 331 g/mol. The third-order valence-electron chi connectivity index (χ3n) is 2.42. The number of hydrogen-bond donors (Lipinski definition) is 1. The fourth-order valence-electron chi connectivity index (χ4n) is 1.46. The lowest BCUT2D eigenvalue weighted by molar-refractivity contribution is -0.385. The molecule has 0 unspecified atom stereocenters. The van der Waals surface area contributed by atoms with Gasteiger partial charge in [0, 0.05) is 12.3 Å². The van der Waals surface area contributed by atoms with Gasteiger partial charge in [-0.15, -0.1) is 0 Å². The molecule has 0 aliphatic carbocycles. The second-order valence-electron chi connectivity index (χ2n) is 3.84. The summed E-state index contributed by atoms with van der Waals surface area (Å²) >= 11 is 5.59. The average molecular weight is 332 g/mol. The largest absolute Gasteiger partial charge is 0.277 e. The van der Waals surface area contributed by atoms with Gasteiger partial charge >= 0.3 is 0 Å². The van der Waals surface area contributed by atoms with Crippen LogP contribution in [0, 0.1) is 15.9 Å². The number of aromatic nitrogens is 1. The van der Waals surface area contributed by atoms with Crippen LogP contribution in [0.15, 0.2) is 41.4 Å². The highest BCUT2D eigenvalue weighted by Gasteiger charge is 2.18. The molecule has 0 spiro atoms. The van der Waals surface area contributed by atoms with Crippen molar-refractivity contribution in [2.75, 3.05) is 4.72 Å². The van der Waals surface area contributed by atoms with Crippen molar-refractivity contribution in [2.45, 2.75) is 4.90 Å². The fraction of sp³-hybridized carbons (Fsp3) is 0. The zero-order chi connectivity index (χ0) is 15.6. The molecule has 0 atom stereocenters. The summed E-state index contributed by atoms with van der Waals surface area (Å²) in [6, 6.07) is 4.84. The molecule has 1 aromatic heterocycles. The Bertz CT molecular complexity index is 813. The van der Waals surface area contributed by atoms with E-state index in [0.29, 0.717) is 6.07 Å². The molecular weight excluding hydrogens is 325 g/mol. The highest BCUT2D eigenvalue weighted by molar-refractivity contribution is 7.92. The Morgan fingerprint density at radius 3 is 2.57 bits per heavy atom. The first-order valence-corrected chi connectivity index (χ1v) is 7.24. The summed E-state index contributed by atoms with van der Waals surface area (Å²) in [5.41, 5.74) is -0.893. The molecule has 7 nitrogen and oxygen atoms in total. The lowest BCUT2D eigenvalue weighted by Crippen LogP contribution is -2.14. The molecule has 0 fully saturated rings. The number of non-ortho nitro benzene ring substituents is 1. The van der Waals surface area contributed by atoms with E-state index in [9.17, 15) is 22.9 Å². The molecule has 0 bridgehead atoms. The first-order chi connectivity index (χ1) is 9.79. The van der Waals surface area contributed by atoms with Crippen LogP contribution >= 0.6 is 11.6 Å². The summed E-state index contributed by atoms with van der Waals surface area (Å²) in [6.07, 6.45) is 1.18. The SMILES string of the molecule is O=[N+]([O-])c1ccc(NS(=O)(=O)c2ccnc(Cl)c2)c(F)c1. The summed E-state index contributed by atoms with van der Waals surface area (Å²) in [4.78, 5) is 13.1. The molecule has 1 N–H and O–H groups in total. The number of nitrogens with zero attached hydrogens (tertiary/aromatic N) is 2. The van der Waals surface area contributed by atoms with Crippen molar-refractivity contribution in [3.8, 4) is 0 Å². The van der Waals surface area contributed by atoms with E-state index in [1.165, 1.54) is 12.3 Å². The van der Waals surface area contributed by atoms with Gasteiger partial charge in [-0.1, -0.05) is 11.6 Å². The summed E-state index contributed by atoms with van der Waals surface area (Å²) in [6.45, 7) is 0. The first-order valence-electron chi connectivity index (χ1n) is 5.38. The zero-order valence-corrected chi connectivity index (χ0v) is 11.7. The normalized spacial score (nSPS) is 11.1. The van der Waals surface area contributed by atoms with E-state index in [-0.39, 0.29) is 10.0 Å². The second kappa shape index (κ2) is 5.62. The maximum Gasteiger partial charge on any atom is 0.272 e. The number of hydrogen-bond acceptors (Lipinski definition) is 5. The van der Waals surface area contributed by atoms with Crippen molar-refractivity contribution < 1.29 is 17.7 Å². The quantitative estimate of drug-likeness (QED) is 0.527. The number of sulfonamides is 1. The molecule has 0 radical (unpaired) electrons. The van der Waals surface area contributed by atoms with Crippen LogP contribution in [0.5, 0.6) is 0 Å².